The van der Waals surface area contributed by atoms with Crippen molar-refractivity contribution < 1.29 is 9.90 Å². The molecule has 0 amide bonds. The van der Waals surface area contributed by atoms with Crippen LogP contribution in [0.15, 0.2) is 18.2 Å². The summed E-state index contributed by atoms with van der Waals surface area (Å²) in [6.45, 7) is 0.422. The summed E-state index contributed by atoms with van der Waals surface area (Å²) in [5.41, 5.74) is 9.16. The van der Waals surface area contributed by atoms with Crippen molar-refractivity contribution in [2.24, 2.45) is 11.1 Å². The Morgan fingerprint density at radius 3 is 2.61 bits per heavy atom. The van der Waals surface area contributed by atoms with Gasteiger partial charge in [0.2, 0.25) is 0 Å². The maximum Gasteiger partial charge on any atom is 0.303 e. The van der Waals surface area contributed by atoms with Gasteiger partial charge in [0.05, 0.1) is 6.42 Å². The number of anilines is 1. The van der Waals surface area contributed by atoms with Gasteiger partial charge in [-0.15, -0.1) is 0 Å². The smallest absolute Gasteiger partial charge is 0.303 e. The third-order valence-corrected chi connectivity index (χ3v) is 3.80. The highest BCUT2D eigenvalue weighted by atomic mass is 16.4. The summed E-state index contributed by atoms with van der Waals surface area (Å²) >= 11 is 0. The van der Waals surface area contributed by atoms with Crippen LogP contribution in [0.25, 0.3) is 0 Å². The fourth-order valence-electron chi connectivity index (χ4n) is 2.76. The van der Waals surface area contributed by atoms with E-state index in [4.69, 9.17) is 10.8 Å². The van der Waals surface area contributed by atoms with Crippen LogP contribution >= 0.6 is 0 Å². The van der Waals surface area contributed by atoms with E-state index >= 15 is 0 Å². The number of rotatable bonds is 4. The Bertz CT molecular complexity index is 471. The van der Waals surface area contributed by atoms with Gasteiger partial charge < -0.3 is 15.7 Å². The van der Waals surface area contributed by atoms with E-state index in [9.17, 15) is 4.79 Å². The first-order chi connectivity index (χ1) is 8.46. The molecule has 1 unspecified atom stereocenters. The van der Waals surface area contributed by atoms with Crippen molar-refractivity contribution in [3.8, 4) is 0 Å². The molecule has 0 aliphatic heterocycles. The first-order valence-electron chi connectivity index (χ1n) is 6.17. The van der Waals surface area contributed by atoms with Gasteiger partial charge in [0, 0.05) is 25.2 Å². The molecule has 0 heterocycles. The summed E-state index contributed by atoms with van der Waals surface area (Å²) in [4.78, 5) is 13.0. The largest absolute Gasteiger partial charge is 0.481 e. The quantitative estimate of drug-likeness (QED) is 0.842. The summed E-state index contributed by atoms with van der Waals surface area (Å²) in [7, 11) is 4.01. The Hall–Kier alpha value is -1.55. The number of carboxylic acids is 1. The van der Waals surface area contributed by atoms with Gasteiger partial charge in [-0.05, 0) is 42.6 Å². The molecule has 4 heteroatoms. The predicted octanol–water partition coefficient (Wildman–Crippen LogP) is 1.27. The molecule has 1 atom stereocenters. The van der Waals surface area contributed by atoms with E-state index < -0.39 is 5.97 Å². The van der Waals surface area contributed by atoms with Gasteiger partial charge in [-0.3, -0.25) is 4.79 Å². The third-order valence-electron chi connectivity index (χ3n) is 3.80. The minimum Gasteiger partial charge on any atom is -0.481 e. The van der Waals surface area contributed by atoms with Crippen LogP contribution in [0.5, 0.6) is 0 Å². The molecular weight excluding hydrogens is 228 g/mol. The number of aliphatic carboxylic acids is 1. The van der Waals surface area contributed by atoms with Crippen molar-refractivity contribution in [2.75, 3.05) is 25.5 Å². The van der Waals surface area contributed by atoms with Gasteiger partial charge in [-0.25, -0.2) is 0 Å². The number of carboxylic acid groups (broad SMARTS) is 1. The molecule has 0 saturated heterocycles. The van der Waals surface area contributed by atoms with E-state index in [2.05, 4.69) is 23.1 Å². The Morgan fingerprint density at radius 2 is 2.06 bits per heavy atom. The maximum atomic E-state index is 11.0. The molecule has 2 rings (SSSR count). The number of hydrogen-bond acceptors (Lipinski definition) is 3. The van der Waals surface area contributed by atoms with Gasteiger partial charge in [-0.1, -0.05) is 6.07 Å². The number of fused-ring (bicyclic) bond motifs is 1. The van der Waals surface area contributed by atoms with Crippen LogP contribution in [0, 0.1) is 5.41 Å². The first-order valence-corrected chi connectivity index (χ1v) is 6.17. The lowest BCUT2D eigenvalue weighted by atomic mass is 9.81. The van der Waals surface area contributed by atoms with Crippen LogP contribution in [0.1, 0.15) is 17.5 Å². The molecule has 0 bridgehead atoms. The summed E-state index contributed by atoms with van der Waals surface area (Å²) in [6.07, 6.45) is 1.70. The first kappa shape index (κ1) is 12.9. The monoisotopic (exact) mass is 248 g/mol. The Labute approximate surface area is 107 Å². The third kappa shape index (κ3) is 2.34. The minimum absolute atomic E-state index is 0.148. The van der Waals surface area contributed by atoms with Crippen molar-refractivity contribution in [2.45, 2.75) is 19.3 Å². The number of nitrogens with two attached hydrogens (primary N) is 1. The fourth-order valence-corrected chi connectivity index (χ4v) is 2.76. The molecule has 0 fully saturated rings. The summed E-state index contributed by atoms with van der Waals surface area (Å²) in [6, 6.07) is 6.32. The second kappa shape index (κ2) is 4.61. The van der Waals surface area contributed by atoms with E-state index in [1.807, 2.05) is 14.1 Å². The van der Waals surface area contributed by atoms with Crippen molar-refractivity contribution in [1.82, 2.24) is 0 Å². The molecule has 0 spiro atoms. The molecule has 0 saturated carbocycles. The van der Waals surface area contributed by atoms with Crippen molar-refractivity contribution >= 4 is 11.7 Å². The van der Waals surface area contributed by atoms with Crippen LogP contribution in [-0.4, -0.2) is 31.7 Å². The van der Waals surface area contributed by atoms with Crippen molar-refractivity contribution in [3.63, 3.8) is 0 Å². The number of benzene rings is 1. The molecule has 3 N–H and O–H groups in total. The lowest BCUT2D eigenvalue weighted by Gasteiger charge is -2.24. The topological polar surface area (TPSA) is 66.6 Å². The highest BCUT2D eigenvalue weighted by molar-refractivity contribution is 5.68. The second-order valence-electron chi connectivity index (χ2n) is 5.48. The zero-order valence-electron chi connectivity index (χ0n) is 10.9. The van der Waals surface area contributed by atoms with Gasteiger partial charge in [0.25, 0.3) is 0 Å². The average molecular weight is 248 g/mol. The fraction of sp³-hybridized carbons (Fsp3) is 0.500. The molecule has 4 nitrogen and oxygen atoms in total. The Morgan fingerprint density at radius 1 is 1.39 bits per heavy atom. The van der Waals surface area contributed by atoms with Crippen molar-refractivity contribution in [1.29, 1.82) is 0 Å². The number of nitrogens with zero attached hydrogens (tertiary/aromatic N) is 1. The van der Waals surface area contributed by atoms with E-state index in [0.29, 0.717) is 6.54 Å². The van der Waals surface area contributed by atoms with E-state index in [-0.39, 0.29) is 11.8 Å². The normalized spacial score (nSPS) is 21.7. The molecule has 1 aromatic carbocycles. The molecule has 1 aliphatic rings. The standard InChI is InChI=1S/C14H20N2O2/c1-16(2)12-4-3-10-6-14(9-15,8-13(17)18)7-11(10)5-12/h3-5H,6-9,15H2,1-2H3,(H,17,18). The maximum absolute atomic E-state index is 11.0. The zero-order valence-corrected chi connectivity index (χ0v) is 10.9. The molecule has 1 aromatic rings. The second-order valence-corrected chi connectivity index (χ2v) is 5.48. The minimum atomic E-state index is -0.763. The van der Waals surface area contributed by atoms with Gasteiger partial charge in [0.15, 0.2) is 0 Å². The van der Waals surface area contributed by atoms with Crippen LogP contribution in [0.2, 0.25) is 0 Å². The SMILES string of the molecule is CN(C)c1ccc2c(c1)CC(CN)(CC(=O)O)C2. The highest BCUT2D eigenvalue weighted by Crippen LogP contribution is 2.40. The molecule has 0 aromatic heterocycles. The lowest BCUT2D eigenvalue weighted by molar-refractivity contribution is -0.139. The van der Waals surface area contributed by atoms with E-state index in [1.165, 1.54) is 11.1 Å². The summed E-state index contributed by atoms with van der Waals surface area (Å²) < 4.78 is 0. The Balaban J connectivity index is 2.28. The molecule has 18 heavy (non-hydrogen) atoms. The molecule has 98 valence electrons. The van der Waals surface area contributed by atoms with Gasteiger partial charge >= 0.3 is 5.97 Å². The van der Waals surface area contributed by atoms with Crippen LogP contribution < -0.4 is 10.6 Å². The van der Waals surface area contributed by atoms with Crippen LogP contribution in [0.3, 0.4) is 0 Å². The highest BCUT2D eigenvalue weighted by Gasteiger charge is 2.38. The van der Waals surface area contributed by atoms with E-state index in [1.54, 1.807) is 0 Å². The average Bonchev–Trinajstić information content (AvgIpc) is 2.65. The van der Waals surface area contributed by atoms with Crippen LogP contribution in [-0.2, 0) is 17.6 Å². The molecular formula is C14H20N2O2. The lowest BCUT2D eigenvalue weighted by Crippen LogP contribution is -2.33. The number of carbonyl (C=O) groups is 1. The predicted molar refractivity (Wildman–Crippen MR) is 71.9 cm³/mol. The van der Waals surface area contributed by atoms with Crippen LogP contribution in [0.4, 0.5) is 5.69 Å². The van der Waals surface area contributed by atoms with Gasteiger partial charge in [-0.2, -0.15) is 0 Å². The number of hydrogen-bond donors (Lipinski definition) is 2. The summed E-state index contributed by atoms with van der Waals surface area (Å²) in [5.74, 6) is -0.763. The zero-order chi connectivity index (χ0) is 13.3. The Kier molecular flexibility index (Phi) is 3.30. The summed E-state index contributed by atoms with van der Waals surface area (Å²) in [5, 5.41) is 9.03. The van der Waals surface area contributed by atoms with Crippen molar-refractivity contribution in [3.05, 3.63) is 29.3 Å². The van der Waals surface area contributed by atoms with Gasteiger partial charge in [0.1, 0.15) is 0 Å². The molecule has 0 radical (unpaired) electrons. The van der Waals surface area contributed by atoms with E-state index in [0.717, 1.165) is 18.5 Å². The molecule has 1 aliphatic carbocycles.